The molecule has 1 saturated carbocycles. The van der Waals surface area contributed by atoms with E-state index in [1.807, 2.05) is 25.1 Å². The Morgan fingerprint density at radius 3 is 2.87 bits per heavy atom. The number of benzene rings is 1. The molecule has 1 atom stereocenters. The molecule has 0 amide bonds. The van der Waals surface area contributed by atoms with Crippen LogP contribution in [-0.4, -0.2) is 17.8 Å². The number of hydrogen-bond donors (Lipinski definition) is 1. The van der Waals surface area contributed by atoms with E-state index in [9.17, 15) is 5.11 Å². The van der Waals surface area contributed by atoms with Crippen LogP contribution < -0.4 is 4.74 Å². The highest BCUT2D eigenvalue weighted by Gasteiger charge is 2.30. The first-order valence-electron chi connectivity index (χ1n) is 5.24. The van der Waals surface area contributed by atoms with Crippen LogP contribution in [0.25, 0.3) is 0 Å². The van der Waals surface area contributed by atoms with Crippen LogP contribution >= 0.6 is 15.9 Å². The van der Waals surface area contributed by atoms with E-state index in [0.29, 0.717) is 12.5 Å². The molecule has 0 bridgehead atoms. The normalized spacial score (nSPS) is 17.5. The summed E-state index contributed by atoms with van der Waals surface area (Å²) in [7, 11) is 0. The van der Waals surface area contributed by atoms with Crippen LogP contribution in [0.4, 0.5) is 0 Å². The first-order valence-corrected chi connectivity index (χ1v) is 6.03. The maximum atomic E-state index is 9.66. The molecule has 0 aromatic heterocycles. The van der Waals surface area contributed by atoms with Crippen LogP contribution in [-0.2, 0) is 0 Å². The molecule has 1 aliphatic rings. The highest BCUT2D eigenvalue weighted by atomic mass is 79.9. The standard InChI is InChI=1S/C12H15BrO2/c1-8-6-10(13)4-5-12(8)15-7-11(14)9-2-3-9/h4-6,9,11,14H,2-3,7H2,1H3. The molecule has 1 aliphatic carbocycles. The molecule has 1 aromatic rings. The summed E-state index contributed by atoms with van der Waals surface area (Å²) in [4.78, 5) is 0. The van der Waals surface area contributed by atoms with Crippen molar-refractivity contribution < 1.29 is 9.84 Å². The molecule has 82 valence electrons. The monoisotopic (exact) mass is 270 g/mol. The zero-order valence-corrected chi connectivity index (χ0v) is 10.3. The summed E-state index contributed by atoms with van der Waals surface area (Å²) in [5.74, 6) is 1.33. The topological polar surface area (TPSA) is 29.5 Å². The van der Waals surface area contributed by atoms with Crippen LogP contribution in [0.15, 0.2) is 22.7 Å². The third-order valence-corrected chi connectivity index (χ3v) is 3.21. The van der Waals surface area contributed by atoms with E-state index in [1.165, 1.54) is 0 Å². The van der Waals surface area contributed by atoms with Crippen LogP contribution in [0.5, 0.6) is 5.75 Å². The van der Waals surface area contributed by atoms with Crippen LogP contribution in [0, 0.1) is 12.8 Å². The highest BCUT2D eigenvalue weighted by Crippen LogP contribution is 2.33. The fourth-order valence-electron chi connectivity index (χ4n) is 1.57. The smallest absolute Gasteiger partial charge is 0.122 e. The Balaban J connectivity index is 1.92. The van der Waals surface area contributed by atoms with E-state index < -0.39 is 0 Å². The van der Waals surface area contributed by atoms with Gasteiger partial charge in [0, 0.05) is 4.47 Å². The van der Waals surface area contributed by atoms with Gasteiger partial charge in [-0.1, -0.05) is 15.9 Å². The molecule has 2 nitrogen and oxygen atoms in total. The number of halogens is 1. The zero-order chi connectivity index (χ0) is 10.8. The van der Waals surface area contributed by atoms with Crippen molar-refractivity contribution in [3.63, 3.8) is 0 Å². The molecular weight excluding hydrogens is 256 g/mol. The van der Waals surface area contributed by atoms with Crippen molar-refractivity contribution in [2.75, 3.05) is 6.61 Å². The molecule has 1 fully saturated rings. The second kappa shape index (κ2) is 4.54. The molecule has 1 unspecified atom stereocenters. The fourth-order valence-corrected chi connectivity index (χ4v) is 2.04. The lowest BCUT2D eigenvalue weighted by molar-refractivity contribution is 0.0891. The van der Waals surface area contributed by atoms with Crippen molar-refractivity contribution in [2.24, 2.45) is 5.92 Å². The lowest BCUT2D eigenvalue weighted by Crippen LogP contribution is -2.19. The Labute approximate surface area is 98.4 Å². The van der Waals surface area contributed by atoms with Crippen molar-refractivity contribution in [3.8, 4) is 5.75 Å². The molecular formula is C12H15BrO2. The maximum Gasteiger partial charge on any atom is 0.122 e. The van der Waals surface area contributed by atoms with Crippen LogP contribution in [0.1, 0.15) is 18.4 Å². The van der Waals surface area contributed by atoms with Crippen molar-refractivity contribution in [1.29, 1.82) is 0 Å². The highest BCUT2D eigenvalue weighted by molar-refractivity contribution is 9.10. The van der Waals surface area contributed by atoms with Gasteiger partial charge < -0.3 is 9.84 Å². The minimum atomic E-state index is -0.298. The third-order valence-electron chi connectivity index (χ3n) is 2.71. The first-order chi connectivity index (χ1) is 7.16. The summed E-state index contributed by atoms with van der Waals surface area (Å²) in [6.45, 7) is 2.41. The number of hydrogen-bond acceptors (Lipinski definition) is 2. The van der Waals surface area contributed by atoms with Gasteiger partial charge in [0.1, 0.15) is 12.4 Å². The Bertz CT molecular complexity index is 347. The molecule has 0 spiro atoms. The lowest BCUT2D eigenvalue weighted by atomic mass is 10.2. The molecule has 3 heteroatoms. The van der Waals surface area contributed by atoms with Gasteiger partial charge >= 0.3 is 0 Å². The minimum Gasteiger partial charge on any atom is -0.491 e. The number of aryl methyl sites for hydroxylation is 1. The summed E-state index contributed by atoms with van der Waals surface area (Å²) in [5, 5.41) is 9.66. The predicted molar refractivity (Wildman–Crippen MR) is 63.1 cm³/mol. The van der Waals surface area contributed by atoms with Crippen molar-refractivity contribution in [1.82, 2.24) is 0 Å². The summed E-state index contributed by atoms with van der Waals surface area (Å²) in [6.07, 6.45) is 1.99. The van der Waals surface area contributed by atoms with Gasteiger partial charge in [-0.15, -0.1) is 0 Å². The van der Waals surface area contributed by atoms with Gasteiger partial charge in [0.15, 0.2) is 0 Å². The predicted octanol–water partition coefficient (Wildman–Crippen LogP) is 2.91. The quantitative estimate of drug-likeness (QED) is 0.912. The molecule has 0 radical (unpaired) electrons. The van der Waals surface area contributed by atoms with E-state index in [4.69, 9.17) is 4.74 Å². The SMILES string of the molecule is Cc1cc(Br)ccc1OCC(O)C1CC1. The molecule has 2 rings (SSSR count). The van der Waals surface area contributed by atoms with E-state index in [0.717, 1.165) is 28.6 Å². The number of aliphatic hydroxyl groups excluding tert-OH is 1. The number of aliphatic hydroxyl groups is 1. The van der Waals surface area contributed by atoms with Gasteiger partial charge in [-0.2, -0.15) is 0 Å². The van der Waals surface area contributed by atoms with Gasteiger partial charge in [-0.3, -0.25) is 0 Å². The van der Waals surface area contributed by atoms with E-state index in [1.54, 1.807) is 0 Å². The lowest BCUT2D eigenvalue weighted by Gasteiger charge is -2.13. The van der Waals surface area contributed by atoms with Crippen LogP contribution in [0.2, 0.25) is 0 Å². The summed E-state index contributed by atoms with van der Waals surface area (Å²) in [5.41, 5.74) is 1.09. The van der Waals surface area contributed by atoms with E-state index in [2.05, 4.69) is 15.9 Å². The molecule has 15 heavy (non-hydrogen) atoms. The largest absolute Gasteiger partial charge is 0.491 e. The summed E-state index contributed by atoms with van der Waals surface area (Å²) >= 11 is 3.40. The average Bonchev–Trinajstić information content (AvgIpc) is 2.99. The Hall–Kier alpha value is -0.540. The molecule has 1 N–H and O–H groups in total. The summed E-state index contributed by atoms with van der Waals surface area (Å²) in [6, 6.07) is 5.89. The van der Waals surface area contributed by atoms with Gasteiger partial charge in [0.05, 0.1) is 6.10 Å². The Morgan fingerprint density at radius 2 is 2.27 bits per heavy atom. The number of ether oxygens (including phenoxy) is 1. The van der Waals surface area contributed by atoms with Crippen molar-refractivity contribution in [2.45, 2.75) is 25.9 Å². The minimum absolute atomic E-state index is 0.298. The fraction of sp³-hybridized carbons (Fsp3) is 0.500. The Kier molecular flexibility index (Phi) is 3.32. The second-order valence-corrected chi connectivity index (χ2v) is 5.04. The Morgan fingerprint density at radius 1 is 1.53 bits per heavy atom. The van der Waals surface area contributed by atoms with E-state index >= 15 is 0 Å². The first kappa shape index (κ1) is 11.0. The van der Waals surface area contributed by atoms with Crippen molar-refractivity contribution >= 4 is 15.9 Å². The van der Waals surface area contributed by atoms with Crippen LogP contribution in [0.3, 0.4) is 0 Å². The second-order valence-electron chi connectivity index (χ2n) is 4.13. The molecule has 0 aliphatic heterocycles. The van der Waals surface area contributed by atoms with Crippen molar-refractivity contribution in [3.05, 3.63) is 28.2 Å². The van der Waals surface area contributed by atoms with Gasteiger partial charge in [0.2, 0.25) is 0 Å². The number of rotatable bonds is 4. The zero-order valence-electron chi connectivity index (χ0n) is 8.74. The molecule has 0 heterocycles. The van der Waals surface area contributed by atoms with Gasteiger partial charge in [-0.25, -0.2) is 0 Å². The molecule has 1 aromatic carbocycles. The third kappa shape index (κ3) is 2.95. The molecule has 0 saturated heterocycles. The average molecular weight is 271 g/mol. The van der Waals surface area contributed by atoms with E-state index in [-0.39, 0.29) is 6.10 Å². The van der Waals surface area contributed by atoms with Gasteiger partial charge in [-0.05, 0) is 49.4 Å². The van der Waals surface area contributed by atoms with Gasteiger partial charge in [0.25, 0.3) is 0 Å². The maximum absolute atomic E-state index is 9.66. The summed E-state index contributed by atoms with van der Waals surface area (Å²) < 4.78 is 6.64.